The second kappa shape index (κ2) is 4.63. The van der Waals surface area contributed by atoms with Gasteiger partial charge in [-0.15, -0.1) is 11.6 Å². The van der Waals surface area contributed by atoms with Crippen molar-refractivity contribution in [2.45, 2.75) is 6.92 Å². The number of alkyl halides is 1. The van der Waals surface area contributed by atoms with E-state index >= 15 is 0 Å². The highest BCUT2D eigenvalue weighted by molar-refractivity contribution is 7.88. The summed E-state index contributed by atoms with van der Waals surface area (Å²) in [6, 6.07) is 5.90. The number of ketones is 1. The van der Waals surface area contributed by atoms with Gasteiger partial charge in [0.05, 0.1) is 0 Å². The Bertz CT molecular complexity index is 467. The van der Waals surface area contributed by atoms with Crippen LogP contribution in [0.15, 0.2) is 24.3 Å². The molecule has 0 aliphatic rings. The largest absolute Gasteiger partial charge is 0.382 e. The van der Waals surface area contributed by atoms with Crippen LogP contribution in [0, 0.1) is 0 Å². The molecule has 0 atom stereocenters. The second-order valence-electron chi connectivity index (χ2n) is 2.83. The van der Waals surface area contributed by atoms with Crippen molar-refractivity contribution >= 4 is 27.5 Å². The van der Waals surface area contributed by atoms with Gasteiger partial charge in [0.2, 0.25) is 0 Å². The number of carbonyl (C=O) groups is 1. The first kappa shape index (κ1) is 12.0. The number of rotatable bonds is 4. The number of halogens is 1. The minimum atomic E-state index is -3.76. The van der Waals surface area contributed by atoms with E-state index in [4.69, 9.17) is 11.6 Å². The van der Waals surface area contributed by atoms with Crippen LogP contribution in [0.4, 0.5) is 0 Å². The molecule has 82 valence electrons. The van der Waals surface area contributed by atoms with E-state index in [1.165, 1.54) is 25.1 Å². The van der Waals surface area contributed by atoms with E-state index < -0.39 is 15.3 Å². The van der Waals surface area contributed by atoms with Crippen molar-refractivity contribution in [2.75, 3.05) is 5.21 Å². The second-order valence-corrected chi connectivity index (χ2v) is 4.99. The van der Waals surface area contributed by atoms with E-state index in [9.17, 15) is 13.2 Å². The summed E-state index contributed by atoms with van der Waals surface area (Å²) in [5, 5.41) is -0.628. The highest BCUT2D eigenvalue weighted by Crippen LogP contribution is 2.16. The molecule has 0 unspecified atom stereocenters. The molecule has 4 nitrogen and oxygen atoms in total. The molecule has 1 rings (SSSR count). The smallest absolute Gasteiger partial charge is 0.323 e. The summed E-state index contributed by atoms with van der Waals surface area (Å²) in [5.41, 5.74) is 0.386. The number of carbonyl (C=O) groups excluding carboxylic acids is 1. The molecule has 0 saturated carbocycles. The lowest BCUT2D eigenvalue weighted by Gasteiger charge is -2.04. The SMILES string of the molecule is CC(=O)c1cccc(OS(=O)(=O)CCl)c1. The van der Waals surface area contributed by atoms with Crippen LogP contribution in [-0.4, -0.2) is 19.4 Å². The Kier molecular flexibility index (Phi) is 3.71. The summed E-state index contributed by atoms with van der Waals surface area (Å²) in [5.74, 6) is -0.0768. The van der Waals surface area contributed by atoms with Crippen molar-refractivity contribution in [1.82, 2.24) is 0 Å². The maximum atomic E-state index is 11.0. The summed E-state index contributed by atoms with van der Waals surface area (Å²) < 4.78 is 26.7. The number of hydrogen-bond donors (Lipinski definition) is 0. The fourth-order valence-corrected chi connectivity index (χ4v) is 1.51. The molecule has 0 saturated heterocycles. The van der Waals surface area contributed by atoms with E-state index in [2.05, 4.69) is 4.18 Å². The van der Waals surface area contributed by atoms with Crippen LogP contribution in [0.1, 0.15) is 17.3 Å². The zero-order valence-corrected chi connectivity index (χ0v) is 9.51. The maximum absolute atomic E-state index is 11.0. The van der Waals surface area contributed by atoms with Gasteiger partial charge in [-0.05, 0) is 19.1 Å². The molecule has 1 aromatic rings. The summed E-state index contributed by atoms with van der Waals surface area (Å²) in [4.78, 5) is 11.0. The van der Waals surface area contributed by atoms with Crippen LogP contribution in [0.3, 0.4) is 0 Å². The molecule has 0 radical (unpaired) electrons. The normalized spacial score (nSPS) is 11.1. The van der Waals surface area contributed by atoms with E-state index in [1.54, 1.807) is 6.07 Å². The fraction of sp³-hybridized carbons (Fsp3) is 0.222. The first-order chi connectivity index (χ1) is 6.94. The van der Waals surface area contributed by atoms with Crippen molar-refractivity contribution in [3.05, 3.63) is 29.8 Å². The van der Waals surface area contributed by atoms with E-state index in [1.807, 2.05) is 0 Å². The predicted molar refractivity (Wildman–Crippen MR) is 56.7 cm³/mol. The van der Waals surface area contributed by atoms with Crippen LogP contribution in [0.2, 0.25) is 0 Å². The third-order valence-electron chi connectivity index (χ3n) is 1.60. The Hall–Kier alpha value is -1.07. The Morgan fingerprint density at radius 1 is 1.47 bits per heavy atom. The summed E-state index contributed by atoms with van der Waals surface area (Å²) in [7, 11) is -3.76. The molecule has 0 heterocycles. The fourth-order valence-electron chi connectivity index (χ4n) is 0.936. The van der Waals surface area contributed by atoms with Gasteiger partial charge in [-0.3, -0.25) is 4.79 Å². The molecule has 0 bridgehead atoms. The molecule has 6 heteroatoms. The molecule has 0 amide bonds. The molecular weight excluding hydrogens is 240 g/mol. The van der Waals surface area contributed by atoms with Gasteiger partial charge in [0.1, 0.15) is 5.75 Å². The van der Waals surface area contributed by atoms with Crippen LogP contribution >= 0.6 is 11.6 Å². The van der Waals surface area contributed by atoms with Crippen molar-refractivity contribution in [2.24, 2.45) is 0 Å². The quantitative estimate of drug-likeness (QED) is 0.463. The molecule has 0 aliphatic carbocycles. The van der Waals surface area contributed by atoms with Crippen LogP contribution < -0.4 is 4.18 Å². The molecule has 0 spiro atoms. The minimum absolute atomic E-state index is 0.0864. The average Bonchev–Trinajstić information content (AvgIpc) is 2.17. The zero-order chi connectivity index (χ0) is 11.5. The molecule has 0 N–H and O–H groups in total. The zero-order valence-electron chi connectivity index (χ0n) is 7.94. The molecule has 0 fully saturated rings. The third-order valence-corrected chi connectivity index (χ3v) is 3.11. The monoisotopic (exact) mass is 248 g/mol. The Morgan fingerprint density at radius 3 is 2.67 bits per heavy atom. The summed E-state index contributed by atoms with van der Waals surface area (Å²) >= 11 is 5.17. The number of hydrogen-bond acceptors (Lipinski definition) is 4. The van der Waals surface area contributed by atoms with Crippen molar-refractivity contribution in [3.63, 3.8) is 0 Å². The molecule has 1 aromatic carbocycles. The number of Topliss-reactive ketones (excluding diaryl/α,β-unsaturated/α-hetero) is 1. The average molecular weight is 249 g/mol. The van der Waals surface area contributed by atoms with Gasteiger partial charge >= 0.3 is 10.1 Å². The van der Waals surface area contributed by atoms with Gasteiger partial charge in [0, 0.05) is 5.56 Å². The third kappa shape index (κ3) is 3.53. The topological polar surface area (TPSA) is 60.4 Å². The molecule has 0 aromatic heterocycles. The van der Waals surface area contributed by atoms with Gasteiger partial charge < -0.3 is 4.18 Å². The standard InChI is InChI=1S/C9H9ClO4S/c1-7(11)8-3-2-4-9(5-8)14-15(12,13)6-10/h2-5H,6H2,1H3. The van der Waals surface area contributed by atoms with Crippen molar-refractivity contribution < 1.29 is 17.4 Å². The lowest BCUT2D eigenvalue weighted by molar-refractivity contribution is 0.101. The van der Waals surface area contributed by atoms with Crippen molar-refractivity contribution in [1.29, 1.82) is 0 Å². The maximum Gasteiger partial charge on any atom is 0.323 e. The summed E-state index contributed by atoms with van der Waals surface area (Å²) in [6.07, 6.45) is 0. The number of benzene rings is 1. The van der Waals surface area contributed by atoms with Gasteiger partial charge in [0.15, 0.2) is 11.0 Å². The van der Waals surface area contributed by atoms with Gasteiger partial charge in [-0.1, -0.05) is 12.1 Å². The lowest BCUT2D eigenvalue weighted by atomic mass is 10.1. The van der Waals surface area contributed by atoms with E-state index in [-0.39, 0.29) is 11.5 Å². The molecule has 0 aliphatic heterocycles. The highest BCUT2D eigenvalue weighted by atomic mass is 35.5. The van der Waals surface area contributed by atoms with E-state index in [0.717, 1.165) is 0 Å². The van der Waals surface area contributed by atoms with Crippen LogP contribution in [0.25, 0.3) is 0 Å². The first-order valence-corrected chi connectivity index (χ1v) is 6.15. The Morgan fingerprint density at radius 2 is 2.13 bits per heavy atom. The van der Waals surface area contributed by atoms with E-state index in [0.29, 0.717) is 5.56 Å². The molecule has 15 heavy (non-hydrogen) atoms. The lowest BCUT2D eigenvalue weighted by Crippen LogP contribution is -2.10. The van der Waals surface area contributed by atoms with Gasteiger partial charge in [-0.2, -0.15) is 8.42 Å². The van der Waals surface area contributed by atoms with Crippen LogP contribution in [-0.2, 0) is 10.1 Å². The minimum Gasteiger partial charge on any atom is -0.382 e. The molecular formula is C9H9ClO4S. The van der Waals surface area contributed by atoms with Crippen LogP contribution in [0.5, 0.6) is 5.75 Å². The van der Waals surface area contributed by atoms with Gasteiger partial charge in [0.25, 0.3) is 0 Å². The Labute approximate surface area is 92.9 Å². The Balaban J connectivity index is 2.97. The predicted octanol–water partition coefficient (Wildman–Crippen LogP) is 1.79. The van der Waals surface area contributed by atoms with Gasteiger partial charge in [-0.25, -0.2) is 0 Å². The first-order valence-electron chi connectivity index (χ1n) is 4.04. The summed E-state index contributed by atoms with van der Waals surface area (Å²) in [6.45, 7) is 1.38. The van der Waals surface area contributed by atoms with Crippen molar-refractivity contribution in [3.8, 4) is 5.75 Å². The highest BCUT2D eigenvalue weighted by Gasteiger charge is 2.11.